The zero-order chi connectivity index (χ0) is 14.7. The quantitative estimate of drug-likeness (QED) is 0.363. The van der Waals surface area contributed by atoms with Crippen LogP contribution in [0.15, 0.2) is 17.2 Å². The summed E-state index contributed by atoms with van der Waals surface area (Å²) in [6.45, 7) is 0.545. The van der Waals surface area contributed by atoms with Crippen molar-refractivity contribution in [3.05, 3.63) is 45.6 Å². The molecule has 1 heterocycles. The first-order valence-electron chi connectivity index (χ1n) is 5.93. The smallest absolute Gasteiger partial charge is 0.223 e. The first-order chi connectivity index (χ1) is 9.51. The molecular formula is C12H11F3N4O. The summed E-state index contributed by atoms with van der Waals surface area (Å²) >= 11 is 0. The molecule has 0 saturated carbocycles. The lowest BCUT2D eigenvalue weighted by Crippen LogP contribution is -2.25. The van der Waals surface area contributed by atoms with E-state index in [2.05, 4.69) is 10.0 Å². The van der Waals surface area contributed by atoms with Crippen LogP contribution in [0, 0.1) is 23.4 Å². The molecule has 1 aromatic rings. The Morgan fingerprint density at radius 3 is 2.60 bits per heavy atom. The Morgan fingerprint density at radius 1 is 1.35 bits per heavy atom. The number of carbonyl (C=O) groups is 1. The zero-order valence-corrected chi connectivity index (χ0v) is 10.4. The average molecular weight is 284 g/mol. The van der Waals surface area contributed by atoms with E-state index in [1.165, 1.54) is 4.90 Å². The molecule has 1 aromatic carbocycles. The summed E-state index contributed by atoms with van der Waals surface area (Å²) in [5.41, 5.74) is 8.40. The minimum Gasteiger partial charge on any atom is -0.338 e. The number of hydrogen-bond acceptors (Lipinski definition) is 2. The molecule has 1 saturated heterocycles. The van der Waals surface area contributed by atoms with Gasteiger partial charge in [-0.25, -0.2) is 13.2 Å². The fraction of sp³-hybridized carbons (Fsp3) is 0.417. The molecule has 1 amide bonds. The van der Waals surface area contributed by atoms with E-state index < -0.39 is 17.5 Å². The Hall–Kier alpha value is -2.21. The average Bonchev–Trinajstić information content (AvgIpc) is 2.74. The molecule has 5 nitrogen and oxygen atoms in total. The fourth-order valence-corrected chi connectivity index (χ4v) is 2.20. The highest BCUT2D eigenvalue weighted by Crippen LogP contribution is 2.22. The third kappa shape index (κ3) is 3.03. The molecule has 2 rings (SSSR count). The van der Waals surface area contributed by atoms with Crippen molar-refractivity contribution in [3.63, 3.8) is 0 Å². The number of carbonyl (C=O) groups excluding carboxylic acids is 1. The number of halogens is 3. The number of hydrogen-bond donors (Lipinski definition) is 0. The third-order valence-corrected chi connectivity index (χ3v) is 3.11. The molecular weight excluding hydrogens is 273 g/mol. The lowest BCUT2D eigenvalue weighted by Gasteiger charge is -2.16. The van der Waals surface area contributed by atoms with Gasteiger partial charge < -0.3 is 4.90 Å². The largest absolute Gasteiger partial charge is 0.338 e. The van der Waals surface area contributed by atoms with Crippen molar-refractivity contribution in [3.8, 4) is 0 Å². The lowest BCUT2D eigenvalue weighted by molar-refractivity contribution is -0.128. The minimum absolute atomic E-state index is 0.000277. The Labute approximate surface area is 112 Å². The summed E-state index contributed by atoms with van der Waals surface area (Å²) in [6.07, 6.45) is 0.227. The summed E-state index contributed by atoms with van der Waals surface area (Å²) in [4.78, 5) is 15.7. The van der Waals surface area contributed by atoms with Gasteiger partial charge >= 0.3 is 0 Å². The summed E-state index contributed by atoms with van der Waals surface area (Å²) in [5, 5.41) is 3.40. The fourth-order valence-electron chi connectivity index (χ4n) is 2.20. The van der Waals surface area contributed by atoms with Crippen LogP contribution in [0.1, 0.15) is 12.0 Å². The molecule has 1 aliphatic rings. The molecule has 1 unspecified atom stereocenters. The number of likely N-dealkylation sites (tertiary alicyclic amines) is 1. The zero-order valence-electron chi connectivity index (χ0n) is 10.4. The molecule has 1 fully saturated rings. The van der Waals surface area contributed by atoms with Gasteiger partial charge in [0.1, 0.15) is 0 Å². The highest BCUT2D eigenvalue weighted by Gasteiger charge is 2.29. The van der Waals surface area contributed by atoms with Gasteiger partial charge in [-0.1, -0.05) is 5.11 Å². The predicted molar refractivity (Wildman–Crippen MR) is 63.9 cm³/mol. The standard InChI is InChI=1S/C12H11F3N4O/c13-9-1-7(2-10(14)12(9)15)5-19-6-8(3-11(19)20)4-17-18-16/h1-2,8H,3-6H2. The van der Waals surface area contributed by atoms with Crippen LogP contribution in [0.2, 0.25) is 0 Å². The first-order valence-corrected chi connectivity index (χ1v) is 5.93. The third-order valence-electron chi connectivity index (χ3n) is 3.11. The Kier molecular flexibility index (Phi) is 4.14. The van der Waals surface area contributed by atoms with E-state index in [1.54, 1.807) is 0 Å². The molecule has 20 heavy (non-hydrogen) atoms. The maximum Gasteiger partial charge on any atom is 0.223 e. The molecule has 0 radical (unpaired) electrons. The molecule has 0 N–H and O–H groups in total. The van der Waals surface area contributed by atoms with Crippen LogP contribution in [0.4, 0.5) is 13.2 Å². The van der Waals surface area contributed by atoms with E-state index >= 15 is 0 Å². The van der Waals surface area contributed by atoms with Crippen LogP contribution in [0.5, 0.6) is 0 Å². The summed E-state index contributed by atoms with van der Waals surface area (Å²) in [5.74, 6) is -4.38. The van der Waals surface area contributed by atoms with Gasteiger partial charge in [-0.15, -0.1) is 0 Å². The molecule has 0 bridgehead atoms. The van der Waals surface area contributed by atoms with E-state index in [-0.39, 0.29) is 36.9 Å². The SMILES string of the molecule is [N-]=[N+]=NCC1CC(=O)N(Cc2cc(F)c(F)c(F)c2)C1. The van der Waals surface area contributed by atoms with Crippen molar-refractivity contribution in [1.29, 1.82) is 0 Å². The summed E-state index contributed by atoms with van der Waals surface area (Å²) < 4.78 is 39.0. The molecule has 0 aliphatic carbocycles. The number of rotatable bonds is 4. The van der Waals surface area contributed by atoms with E-state index in [1.807, 2.05) is 0 Å². The van der Waals surface area contributed by atoms with Gasteiger partial charge in [0.2, 0.25) is 5.91 Å². The van der Waals surface area contributed by atoms with Crippen molar-refractivity contribution < 1.29 is 18.0 Å². The number of benzene rings is 1. The van der Waals surface area contributed by atoms with Crippen molar-refractivity contribution in [2.24, 2.45) is 11.0 Å². The Balaban J connectivity index is 2.07. The highest BCUT2D eigenvalue weighted by molar-refractivity contribution is 5.78. The van der Waals surface area contributed by atoms with Crippen LogP contribution >= 0.6 is 0 Å². The molecule has 0 aromatic heterocycles. The molecule has 0 spiro atoms. The normalized spacial score (nSPS) is 18.2. The van der Waals surface area contributed by atoms with E-state index in [0.29, 0.717) is 6.54 Å². The maximum atomic E-state index is 13.1. The van der Waals surface area contributed by atoms with Crippen LogP contribution in [0.3, 0.4) is 0 Å². The molecule has 1 aliphatic heterocycles. The van der Waals surface area contributed by atoms with Gasteiger partial charge in [0.15, 0.2) is 17.5 Å². The van der Waals surface area contributed by atoms with Crippen LogP contribution in [-0.4, -0.2) is 23.9 Å². The van der Waals surface area contributed by atoms with Crippen molar-refractivity contribution in [1.82, 2.24) is 4.90 Å². The molecule has 8 heteroatoms. The van der Waals surface area contributed by atoms with Crippen molar-refractivity contribution >= 4 is 5.91 Å². The van der Waals surface area contributed by atoms with Gasteiger partial charge in [-0.05, 0) is 29.1 Å². The van der Waals surface area contributed by atoms with Gasteiger partial charge in [0.25, 0.3) is 0 Å². The lowest BCUT2D eigenvalue weighted by atomic mass is 10.1. The first kappa shape index (κ1) is 14.2. The van der Waals surface area contributed by atoms with Gasteiger partial charge in [-0.2, -0.15) is 0 Å². The second-order valence-electron chi connectivity index (χ2n) is 4.63. The Bertz CT molecular complexity index is 563. The molecule has 1 atom stereocenters. The summed E-state index contributed by atoms with van der Waals surface area (Å²) in [7, 11) is 0. The number of amides is 1. The number of azide groups is 1. The second-order valence-corrected chi connectivity index (χ2v) is 4.63. The van der Waals surface area contributed by atoms with E-state index in [9.17, 15) is 18.0 Å². The van der Waals surface area contributed by atoms with Crippen LogP contribution in [-0.2, 0) is 11.3 Å². The highest BCUT2D eigenvalue weighted by atomic mass is 19.2. The predicted octanol–water partition coefficient (Wildman–Crippen LogP) is 2.76. The number of nitrogens with zero attached hydrogens (tertiary/aromatic N) is 4. The van der Waals surface area contributed by atoms with Gasteiger partial charge in [0, 0.05) is 31.0 Å². The van der Waals surface area contributed by atoms with Crippen LogP contribution in [0.25, 0.3) is 10.4 Å². The topological polar surface area (TPSA) is 69.1 Å². The van der Waals surface area contributed by atoms with E-state index in [0.717, 1.165) is 12.1 Å². The minimum atomic E-state index is -1.53. The monoisotopic (exact) mass is 284 g/mol. The maximum absolute atomic E-state index is 13.1. The van der Waals surface area contributed by atoms with Gasteiger partial charge in [0.05, 0.1) is 0 Å². The van der Waals surface area contributed by atoms with E-state index in [4.69, 9.17) is 5.53 Å². The second kappa shape index (κ2) is 5.83. The van der Waals surface area contributed by atoms with Crippen LogP contribution < -0.4 is 0 Å². The summed E-state index contributed by atoms with van der Waals surface area (Å²) in [6, 6.07) is 1.74. The Morgan fingerprint density at radius 2 is 2.00 bits per heavy atom. The van der Waals surface area contributed by atoms with Gasteiger partial charge in [-0.3, -0.25) is 4.79 Å². The molecule has 106 valence electrons. The van der Waals surface area contributed by atoms with Crippen molar-refractivity contribution in [2.45, 2.75) is 13.0 Å². The van der Waals surface area contributed by atoms with Crippen molar-refractivity contribution in [2.75, 3.05) is 13.1 Å².